The first-order valence-corrected chi connectivity index (χ1v) is 8.44. The number of imidazole rings is 1. The van der Waals surface area contributed by atoms with E-state index in [4.69, 9.17) is 9.72 Å². The predicted octanol–water partition coefficient (Wildman–Crippen LogP) is 2.05. The number of nitrogens with zero attached hydrogens (tertiary/aromatic N) is 5. The van der Waals surface area contributed by atoms with Crippen LogP contribution in [-0.2, 0) is 17.8 Å². The van der Waals surface area contributed by atoms with Gasteiger partial charge in [-0.05, 0) is 31.5 Å². The molecule has 1 atom stereocenters. The van der Waals surface area contributed by atoms with E-state index in [1.54, 1.807) is 0 Å². The topological polar surface area (TPSA) is 47.6 Å². The zero-order chi connectivity index (χ0) is 16.5. The van der Waals surface area contributed by atoms with Crippen molar-refractivity contribution in [1.82, 2.24) is 24.1 Å². The second-order valence-corrected chi connectivity index (χ2v) is 6.60. The quantitative estimate of drug-likeness (QED) is 0.736. The minimum absolute atomic E-state index is 0.178. The van der Waals surface area contributed by atoms with Crippen molar-refractivity contribution in [2.24, 2.45) is 0 Å². The Hall–Kier alpha value is -2.18. The highest BCUT2D eigenvalue weighted by molar-refractivity contribution is 5.41. The zero-order valence-corrected chi connectivity index (χ0v) is 14.2. The lowest BCUT2D eigenvalue weighted by molar-refractivity contribution is -0.0405. The normalized spacial score (nSPS) is 19.2. The number of hydrogen-bond acceptors (Lipinski definition) is 4. The lowest BCUT2D eigenvalue weighted by Gasteiger charge is -2.32. The summed E-state index contributed by atoms with van der Waals surface area (Å²) in [6.45, 7) is 8.44. The van der Waals surface area contributed by atoms with Gasteiger partial charge in [0.15, 0.2) is 0 Å². The number of hydrogen-bond donors (Lipinski definition) is 0. The van der Waals surface area contributed by atoms with Gasteiger partial charge in [0.05, 0.1) is 31.1 Å². The Kier molecular flexibility index (Phi) is 4.08. The molecule has 0 aliphatic carbocycles. The molecule has 0 unspecified atom stereocenters. The van der Waals surface area contributed by atoms with Crippen molar-refractivity contribution in [3.05, 3.63) is 53.7 Å². The van der Waals surface area contributed by atoms with Crippen molar-refractivity contribution < 1.29 is 4.74 Å². The van der Waals surface area contributed by atoms with Gasteiger partial charge in [-0.2, -0.15) is 5.10 Å². The van der Waals surface area contributed by atoms with Crippen LogP contribution < -0.4 is 0 Å². The van der Waals surface area contributed by atoms with Gasteiger partial charge in [-0.15, -0.1) is 0 Å². The van der Waals surface area contributed by atoms with Gasteiger partial charge in [-0.1, -0.05) is 6.07 Å². The van der Waals surface area contributed by atoms with Gasteiger partial charge >= 0.3 is 0 Å². The lowest BCUT2D eigenvalue weighted by Crippen LogP contribution is -2.43. The van der Waals surface area contributed by atoms with Gasteiger partial charge in [0.2, 0.25) is 0 Å². The largest absolute Gasteiger partial charge is 0.374 e. The Morgan fingerprint density at radius 1 is 1.25 bits per heavy atom. The first-order valence-electron chi connectivity index (χ1n) is 8.44. The molecule has 1 aliphatic heterocycles. The van der Waals surface area contributed by atoms with Crippen LogP contribution in [0.2, 0.25) is 0 Å². The minimum atomic E-state index is 0.178. The molecule has 1 fully saturated rings. The first kappa shape index (κ1) is 15.4. The molecule has 0 N–H and O–H groups in total. The molecule has 0 aromatic carbocycles. The van der Waals surface area contributed by atoms with E-state index in [1.807, 2.05) is 10.9 Å². The molecule has 126 valence electrons. The Labute approximate surface area is 141 Å². The number of fused-ring (bicyclic) bond motifs is 1. The fraction of sp³-hybridized carbons (Fsp3) is 0.444. The Balaban J connectivity index is 1.42. The van der Waals surface area contributed by atoms with Crippen LogP contribution in [0.3, 0.4) is 0 Å². The molecule has 0 spiro atoms. The molecule has 0 amide bonds. The predicted molar refractivity (Wildman–Crippen MR) is 91.9 cm³/mol. The number of aromatic nitrogens is 4. The van der Waals surface area contributed by atoms with Crippen LogP contribution in [0, 0.1) is 13.8 Å². The van der Waals surface area contributed by atoms with E-state index in [-0.39, 0.29) is 6.10 Å². The summed E-state index contributed by atoms with van der Waals surface area (Å²) in [5.74, 6) is 0. The standard InChI is InChI=1S/C18H23N5O/c1-14-8-19-22(9-14)13-17-12-21(6-7-24-17)10-16-11-23-15(2)4-3-5-18(23)20-16/h3-5,8-9,11,17H,6-7,10,12-13H2,1-2H3/t17-/m0/s1. The highest BCUT2D eigenvalue weighted by Crippen LogP contribution is 2.14. The summed E-state index contributed by atoms with van der Waals surface area (Å²) in [5.41, 5.74) is 4.52. The van der Waals surface area contributed by atoms with Gasteiger partial charge < -0.3 is 9.14 Å². The van der Waals surface area contributed by atoms with Crippen molar-refractivity contribution >= 4 is 5.65 Å². The number of rotatable bonds is 4. The molecule has 3 aromatic rings. The van der Waals surface area contributed by atoms with E-state index >= 15 is 0 Å². The van der Waals surface area contributed by atoms with E-state index in [1.165, 1.54) is 11.3 Å². The van der Waals surface area contributed by atoms with Gasteiger partial charge in [0.1, 0.15) is 5.65 Å². The maximum atomic E-state index is 5.91. The summed E-state index contributed by atoms with van der Waals surface area (Å²) in [6.07, 6.45) is 6.27. The van der Waals surface area contributed by atoms with Crippen molar-refractivity contribution in [3.63, 3.8) is 0 Å². The summed E-state index contributed by atoms with van der Waals surface area (Å²) >= 11 is 0. The van der Waals surface area contributed by atoms with E-state index in [2.05, 4.69) is 58.8 Å². The summed E-state index contributed by atoms with van der Waals surface area (Å²) in [6, 6.07) is 6.21. The SMILES string of the molecule is Cc1cnn(C[C@@H]2CN(Cc3cn4c(C)cccc4n3)CCO2)c1. The fourth-order valence-electron chi connectivity index (χ4n) is 3.31. The van der Waals surface area contributed by atoms with Crippen molar-refractivity contribution in [1.29, 1.82) is 0 Å². The van der Waals surface area contributed by atoms with Crippen molar-refractivity contribution in [3.8, 4) is 0 Å². The van der Waals surface area contributed by atoms with Crippen LogP contribution in [0.15, 0.2) is 36.8 Å². The highest BCUT2D eigenvalue weighted by Gasteiger charge is 2.22. The molecule has 6 heteroatoms. The monoisotopic (exact) mass is 325 g/mol. The number of aryl methyl sites for hydroxylation is 2. The zero-order valence-electron chi connectivity index (χ0n) is 14.2. The molecule has 0 saturated carbocycles. The van der Waals surface area contributed by atoms with Crippen molar-refractivity contribution in [2.75, 3.05) is 19.7 Å². The van der Waals surface area contributed by atoms with Crippen LogP contribution >= 0.6 is 0 Å². The van der Waals surface area contributed by atoms with Crippen LogP contribution in [0.4, 0.5) is 0 Å². The second kappa shape index (κ2) is 6.37. The molecule has 1 aliphatic rings. The van der Waals surface area contributed by atoms with Crippen LogP contribution in [0.1, 0.15) is 17.0 Å². The molecule has 24 heavy (non-hydrogen) atoms. The third kappa shape index (κ3) is 3.20. The fourth-order valence-corrected chi connectivity index (χ4v) is 3.31. The van der Waals surface area contributed by atoms with E-state index in [0.717, 1.165) is 44.1 Å². The number of morpholine rings is 1. The summed E-state index contributed by atoms with van der Waals surface area (Å²) in [4.78, 5) is 7.16. The third-order valence-corrected chi connectivity index (χ3v) is 4.51. The van der Waals surface area contributed by atoms with Gasteiger partial charge in [-0.3, -0.25) is 9.58 Å². The average molecular weight is 325 g/mol. The molecule has 4 rings (SSSR count). The Morgan fingerprint density at radius 2 is 2.17 bits per heavy atom. The molecular formula is C18H23N5O. The Morgan fingerprint density at radius 3 is 2.96 bits per heavy atom. The molecule has 1 saturated heterocycles. The smallest absolute Gasteiger partial charge is 0.137 e. The summed E-state index contributed by atoms with van der Waals surface area (Å²) in [7, 11) is 0. The lowest BCUT2D eigenvalue weighted by atomic mass is 10.2. The van der Waals surface area contributed by atoms with Crippen LogP contribution in [-0.4, -0.2) is 49.9 Å². The molecular weight excluding hydrogens is 302 g/mol. The number of pyridine rings is 1. The molecule has 4 heterocycles. The highest BCUT2D eigenvalue weighted by atomic mass is 16.5. The van der Waals surface area contributed by atoms with E-state index in [0.29, 0.717) is 0 Å². The number of ether oxygens (including phenoxy) is 1. The van der Waals surface area contributed by atoms with Crippen LogP contribution in [0.5, 0.6) is 0 Å². The van der Waals surface area contributed by atoms with Crippen molar-refractivity contribution in [2.45, 2.75) is 33.0 Å². The van der Waals surface area contributed by atoms with Gasteiger partial charge in [-0.25, -0.2) is 4.98 Å². The van der Waals surface area contributed by atoms with Crippen LogP contribution in [0.25, 0.3) is 5.65 Å². The second-order valence-electron chi connectivity index (χ2n) is 6.60. The van der Waals surface area contributed by atoms with Gasteiger partial charge in [0, 0.05) is 37.7 Å². The minimum Gasteiger partial charge on any atom is -0.374 e. The maximum Gasteiger partial charge on any atom is 0.137 e. The molecule has 0 radical (unpaired) electrons. The third-order valence-electron chi connectivity index (χ3n) is 4.51. The molecule has 3 aromatic heterocycles. The van der Waals surface area contributed by atoms with E-state index < -0.39 is 0 Å². The maximum absolute atomic E-state index is 5.91. The first-order chi connectivity index (χ1) is 11.7. The van der Waals surface area contributed by atoms with E-state index in [9.17, 15) is 0 Å². The molecule has 0 bridgehead atoms. The van der Waals surface area contributed by atoms with Gasteiger partial charge in [0.25, 0.3) is 0 Å². The summed E-state index contributed by atoms with van der Waals surface area (Å²) < 4.78 is 10.0. The Bertz CT molecular complexity index is 837. The average Bonchev–Trinajstić information content (AvgIpc) is 3.14. The molecule has 6 nitrogen and oxygen atoms in total. The summed E-state index contributed by atoms with van der Waals surface area (Å²) in [5, 5.41) is 4.36.